The zero-order valence-corrected chi connectivity index (χ0v) is 22.0. The molecule has 3 aromatic carbocycles. The van der Waals surface area contributed by atoms with Crippen molar-refractivity contribution in [1.82, 2.24) is 14.3 Å². The molecule has 0 spiro atoms. The van der Waals surface area contributed by atoms with Crippen molar-refractivity contribution in [3.05, 3.63) is 125 Å². The number of carbonyl (C=O) groups is 1. The van der Waals surface area contributed by atoms with Crippen molar-refractivity contribution < 1.29 is 19.0 Å². The van der Waals surface area contributed by atoms with Gasteiger partial charge in [-0.2, -0.15) is 0 Å². The minimum Gasteiger partial charge on any atom is -0.485 e. The lowest BCUT2D eigenvalue weighted by molar-refractivity contribution is -0.132. The summed E-state index contributed by atoms with van der Waals surface area (Å²) in [7, 11) is 0. The lowest BCUT2D eigenvalue weighted by Crippen LogP contribution is -2.36. The molecule has 200 valence electrons. The maximum absolute atomic E-state index is 13.8. The van der Waals surface area contributed by atoms with Crippen LogP contribution in [0.25, 0.3) is 5.65 Å². The molecular formula is C33H29N3O4. The Kier molecular flexibility index (Phi) is 6.32. The van der Waals surface area contributed by atoms with Crippen molar-refractivity contribution in [3.63, 3.8) is 0 Å². The average molecular weight is 532 g/mol. The maximum atomic E-state index is 13.8. The van der Waals surface area contributed by atoms with Gasteiger partial charge in [0.15, 0.2) is 22.9 Å². The second-order valence-electron chi connectivity index (χ2n) is 10.2. The molecule has 0 saturated carbocycles. The number of imidazole rings is 1. The number of carbonyl (C=O) groups excluding carboxylic acids is 1. The Morgan fingerprint density at radius 1 is 0.925 bits per heavy atom. The molecule has 2 aromatic heterocycles. The van der Waals surface area contributed by atoms with Crippen LogP contribution in [0.4, 0.5) is 0 Å². The van der Waals surface area contributed by atoms with Gasteiger partial charge in [-0.25, -0.2) is 4.98 Å². The van der Waals surface area contributed by atoms with E-state index in [1.165, 1.54) is 11.1 Å². The molecule has 0 bridgehead atoms. The number of fused-ring (bicyclic) bond motifs is 3. The zero-order chi connectivity index (χ0) is 26.9. The van der Waals surface area contributed by atoms with E-state index >= 15 is 0 Å². The fourth-order valence-electron chi connectivity index (χ4n) is 5.65. The van der Waals surface area contributed by atoms with Gasteiger partial charge in [-0.15, -0.1) is 0 Å². The summed E-state index contributed by atoms with van der Waals surface area (Å²) in [6, 6.07) is 28.3. The minimum atomic E-state index is -0.237. The van der Waals surface area contributed by atoms with Crippen LogP contribution in [-0.4, -0.2) is 33.5 Å². The van der Waals surface area contributed by atoms with Crippen molar-refractivity contribution in [2.24, 2.45) is 0 Å². The Morgan fingerprint density at radius 3 is 2.65 bits per heavy atom. The number of hydrogen-bond donors (Lipinski definition) is 0. The minimum absolute atomic E-state index is 0.114. The van der Waals surface area contributed by atoms with Gasteiger partial charge < -0.3 is 23.5 Å². The highest BCUT2D eigenvalue weighted by Gasteiger charge is 2.28. The predicted molar refractivity (Wildman–Crippen MR) is 151 cm³/mol. The molecule has 5 aromatic rings. The third kappa shape index (κ3) is 4.64. The number of hydrogen-bond acceptors (Lipinski definition) is 5. The normalized spacial score (nSPS) is 14.7. The van der Waals surface area contributed by atoms with E-state index in [1.807, 2.05) is 88.4 Å². The van der Waals surface area contributed by atoms with Gasteiger partial charge in [0.2, 0.25) is 12.7 Å². The third-order valence-electron chi connectivity index (χ3n) is 7.78. The lowest BCUT2D eigenvalue weighted by atomic mass is 9.91. The molecular weight excluding hydrogens is 502 g/mol. The van der Waals surface area contributed by atoms with Crippen molar-refractivity contribution in [2.45, 2.75) is 31.9 Å². The van der Waals surface area contributed by atoms with E-state index in [4.69, 9.17) is 19.2 Å². The van der Waals surface area contributed by atoms with Crippen LogP contribution in [0.15, 0.2) is 97.3 Å². The van der Waals surface area contributed by atoms with Crippen LogP contribution < -0.4 is 14.2 Å². The Morgan fingerprint density at radius 2 is 1.75 bits per heavy atom. The van der Waals surface area contributed by atoms with Crippen LogP contribution in [0.5, 0.6) is 17.2 Å². The van der Waals surface area contributed by atoms with Crippen molar-refractivity contribution in [3.8, 4) is 17.2 Å². The second kappa shape index (κ2) is 10.4. The fraction of sp³-hybridized carbons (Fsp3) is 0.212. The van der Waals surface area contributed by atoms with Crippen molar-refractivity contribution >= 4 is 11.6 Å². The van der Waals surface area contributed by atoms with Gasteiger partial charge >= 0.3 is 0 Å². The highest BCUT2D eigenvalue weighted by Crippen LogP contribution is 2.39. The number of aromatic nitrogens is 2. The first kappa shape index (κ1) is 24.3. The van der Waals surface area contributed by atoms with Crippen LogP contribution in [0, 0.1) is 0 Å². The van der Waals surface area contributed by atoms with E-state index in [0.29, 0.717) is 37.6 Å². The molecule has 40 heavy (non-hydrogen) atoms. The van der Waals surface area contributed by atoms with Crippen LogP contribution in [0.3, 0.4) is 0 Å². The molecule has 1 amide bonds. The van der Waals surface area contributed by atoms with E-state index in [1.54, 1.807) is 0 Å². The van der Waals surface area contributed by atoms with E-state index in [2.05, 4.69) is 18.2 Å². The van der Waals surface area contributed by atoms with Gasteiger partial charge in [0.25, 0.3) is 0 Å². The molecule has 0 saturated heterocycles. The van der Waals surface area contributed by atoms with Gasteiger partial charge in [-0.05, 0) is 52.9 Å². The number of benzene rings is 3. The van der Waals surface area contributed by atoms with Gasteiger partial charge in [0, 0.05) is 37.8 Å². The van der Waals surface area contributed by atoms with Crippen molar-refractivity contribution in [1.29, 1.82) is 0 Å². The standard InChI is InChI=1S/C33H29N3O4/c37-32(35-16-14-24-9-4-5-10-26(24)20-35)18-27(25-12-13-29-31(17-25)40-22-39-29)28-19-34-33-30(11-6-15-36(28)33)38-21-23-7-2-1-3-8-23/h1-13,15,17,19,27H,14,16,18,20-22H2. The first-order valence-electron chi connectivity index (χ1n) is 13.6. The quantitative estimate of drug-likeness (QED) is 0.268. The van der Waals surface area contributed by atoms with Gasteiger partial charge in [-0.1, -0.05) is 60.7 Å². The molecule has 4 heterocycles. The zero-order valence-electron chi connectivity index (χ0n) is 22.0. The number of pyridine rings is 1. The molecule has 7 heteroatoms. The van der Waals surface area contributed by atoms with Crippen molar-refractivity contribution in [2.75, 3.05) is 13.3 Å². The topological polar surface area (TPSA) is 65.3 Å². The molecule has 2 aliphatic rings. The largest absolute Gasteiger partial charge is 0.485 e. The second-order valence-corrected chi connectivity index (χ2v) is 10.2. The number of nitrogens with zero attached hydrogens (tertiary/aromatic N) is 3. The van der Waals surface area contributed by atoms with Gasteiger partial charge in [0.1, 0.15) is 6.61 Å². The van der Waals surface area contributed by atoms with Crippen LogP contribution >= 0.6 is 0 Å². The molecule has 7 nitrogen and oxygen atoms in total. The molecule has 0 aliphatic carbocycles. The molecule has 1 atom stereocenters. The summed E-state index contributed by atoms with van der Waals surface area (Å²) in [6.07, 6.45) is 5.02. The molecule has 0 radical (unpaired) electrons. The number of ether oxygens (including phenoxy) is 3. The summed E-state index contributed by atoms with van der Waals surface area (Å²) in [4.78, 5) is 20.5. The monoisotopic (exact) mass is 531 g/mol. The Hall–Kier alpha value is -4.78. The van der Waals surface area contributed by atoms with E-state index in [0.717, 1.165) is 34.6 Å². The Bertz CT molecular complexity index is 1680. The Balaban J connectivity index is 1.21. The summed E-state index contributed by atoms with van der Waals surface area (Å²) >= 11 is 0. The van der Waals surface area contributed by atoms with Crippen LogP contribution in [0.2, 0.25) is 0 Å². The van der Waals surface area contributed by atoms with Crippen LogP contribution in [-0.2, 0) is 24.4 Å². The summed E-state index contributed by atoms with van der Waals surface area (Å²) in [5.74, 6) is 1.99. The summed E-state index contributed by atoms with van der Waals surface area (Å²) in [5.41, 5.74) is 6.25. The highest BCUT2D eigenvalue weighted by atomic mass is 16.7. The van der Waals surface area contributed by atoms with E-state index < -0.39 is 0 Å². The van der Waals surface area contributed by atoms with Crippen LogP contribution in [0.1, 0.15) is 40.3 Å². The fourth-order valence-corrected chi connectivity index (χ4v) is 5.65. The first-order chi connectivity index (χ1) is 19.7. The first-order valence-corrected chi connectivity index (χ1v) is 13.6. The average Bonchev–Trinajstić information content (AvgIpc) is 3.66. The van der Waals surface area contributed by atoms with Gasteiger partial charge in [-0.3, -0.25) is 4.79 Å². The summed E-state index contributed by atoms with van der Waals surface area (Å²) in [6.45, 7) is 2.00. The Labute approximate surface area is 232 Å². The smallest absolute Gasteiger partial charge is 0.231 e. The van der Waals surface area contributed by atoms with E-state index in [9.17, 15) is 4.79 Å². The maximum Gasteiger partial charge on any atom is 0.231 e. The van der Waals surface area contributed by atoms with Gasteiger partial charge in [0.05, 0.1) is 5.69 Å². The van der Waals surface area contributed by atoms with E-state index in [-0.39, 0.29) is 18.6 Å². The summed E-state index contributed by atoms with van der Waals surface area (Å²) in [5, 5.41) is 0. The summed E-state index contributed by atoms with van der Waals surface area (Å²) < 4.78 is 19.5. The molecule has 7 rings (SSSR count). The molecule has 1 unspecified atom stereocenters. The highest BCUT2D eigenvalue weighted by molar-refractivity contribution is 5.78. The molecule has 2 aliphatic heterocycles. The SMILES string of the molecule is O=C(CC(c1ccc2c(c1)OCO2)c1cnc2c(OCc3ccccc3)cccn12)N1CCc2ccccc2C1. The predicted octanol–water partition coefficient (Wildman–Crippen LogP) is 5.75. The third-order valence-corrected chi connectivity index (χ3v) is 7.78. The number of amides is 1. The molecule has 0 fully saturated rings. The molecule has 0 N–H and O–H groups in total. The number of rotatable bonds is 7. The lowest BCUT2D eigenvalue weighted by Gasteiger charge is -2.30.